The molecule has 7 heterocycles. The molecule has 0 aromatic heterocycles. The standard InChI is InChI=1S/C53H82O14/c1-32(12-11-24-54)26-34(3)31-60-49(58)50(8,59)30-40-15-16-44(56)53(64-40)29-33(2)27-43(65-53)35(4)13-14-39-18-22-52(63-39)23-19-42-48(67-52)45(57)38(7)47(62-42)41(55)28-37(6)46-36(5)17-21-51(66-46)20-9-10-25-61-51/h12-14,29,35-37,39-48,54-57,59H,3,7,9-11,15-28,30-31H2,1-2,4-6,8H3/b14-13+,32-12+/t35-,36-,37+,39+,40?,41+,42-,43+,44-,45-,46?,47+,48-,50-,51+,52-,53-/m1/s1. The fraction of sp³-hybridized carbons (Fsp3) is 0.792. The minimum absolute atomic E-state index is 0.0407. The Morgan fingerprint density at radius 3 is 2.52 bits per heavy atom. The molecule has 6 saturated heterocycles. The molecule has 17 atom stereocenters. The second kappa shape index (κ2) is 22.0. The van der Waals surface area contributed by atoms with Gasteiger partial charge in [0.2, 0.25) is 5.79 Å². The molecule has 0 radical (unpaired) electrons. The van der Waals surface area contributed by atoms with Crippen molar-refractivity contribution in [1.29, 1.82) is 0 Å². The van der Waals surface area contributed by atoms with Crippen LogP contribution in [0.1, 0.15) is 144 Å². The van der Waals surface area contributed by atoms with Crippen LogP contribution in [0.5, 0.6) is 0 Å². The van der Waals surface area contributed by atoms with Gasteiger partial charge in [0.1, 0.15) is 31.0 Å². The van der Waals surface area contributed by atoms with Gasteiger partial charge in [-0.25, -0.2) is 4.79 Å². The van der Waals surface area contributed by atoms with E-state index < -0.39 is 71.7 Å². The highest BCUT2D eigenvalue weighted by Crippen LogP contribution is 2.47. The third kappa shape index (κ3) is 12.4. The summed E-state index contributed by atoms with van der Waals surface area (Å²) in [5.41, 5.74) is 1.25. The van der Waals surface area contributed by atoms with Crippen molar-refractivity contribution in [2.45, 2.75) is 228 Å². The molecule has 2 unspecified atom stereocenters. The van der Waals surface area contributed by atoms with E-state index in [2.05, 4.69) is 40.0 Å². The Labute approximate surface area is 398 Å². The zero-order valence-corrected chi connectivity index (χ0v) is 41.1. The van der Waals surface area contributed by atoms with Gasteiger partial charge >= 0.3 is 5.97 Å². The van der Waals surface area contributed by atoms with E-state index in [1.165, 1.54) is 6.92 Å². The van der Waals surface area contributed by atoms with Crippen LogP contribution in [0.15, 0.2) is 59.8 Å². The van der Waals surface area contributed by atoms with Gasteiger partial charge in [0, 0.05) is 44.6 Å². The summed E-state index contributed by atoms with van der Waals surface area (Å²) in [6.45, 7) is 20.7. The van der Waals surface area contributed by atoms with Crippen molar-refractivity contribution in [2.75, 3.05) is 19.8 Å². The maximum atomic E-state index is 13.1. The van der Waals surface area contributed by atoms with E-state index in [9.17, 15) is 25.2 Å². The molecule has 0 aromatic rings. The van der Waals surface area contributed by atoms with E-state index in [1.807, 2.05) is 32.1 Å². The van der Waals surface area contributed by atoms with Crippen LogP contribution in [-0.2, 0) is 42.7 Å². The Bertz CT molecular complexity index is 1820. The predicted octanol–water partition coefficient (Wildman–Crippen LogP) is 6.95. The van der Waals surface area contributed by atoms with E-state index in [-0.39, 0.29) is 49.8 Å². The molecule has 14 heteroatoms. The number of aliphatic hydroxyl groups is 5. The first kappa shape index (κ1) is 52.5. The average Bonchev–Trinajstić information content (AvgIpc) is 3.68. The lowest BCUT2D eigenvalue weighted by molar-refractivity contribution is -0.321. The molecule has 7 aliphatic rings. The van der Waals surface area contributed by atoms with E-state index in [1.54, 1.807) is 0 Å². The molecular weight excluding hydrogens is 861 g/mol. The molecule has 0 bridgehead atoms. The third-order valence-corrected chi connectivity index (χ3v) is 15.5. The number of rotatable bonds is 16. The van der Waals surface area contributed by atoms with E-state index >= 15 is 0 Å². The molecule has 7 aliphatic heterocycles. The SMILES string of the molecule is C=C(COC(=O)[C@](C)(O)CC1CC[C@@H](O)[C@]2(C=C(C)C[C@@H]([C@H](C)/C=C/[C@H]3CC[C@@]4(CC[C@H]5O[C@H]([C@@H](O)C[C@H](C)C6O[C@@]7(CCCCO7)CC[C@H]6C)C(=C)[C@@H](O)[C@@H]5O4)O3)O2)O1)C/C(C)=C/CCO. The summed E-state index contributed by atoms with van der Waals surface area (Å²) in [6.07, 6.45) is 12.4. The van der Waals surface area contributed by atoms with Crippen molar-refractivity contribution < 1.29 is 68.2 Å². The second-order valence-electron chi connectivity index (χ2n) is 21.6. The van der Waals surface area contributed by atoms with Gasteiger partial charge < -0.3 is 63.4 Å². The van der Waals surface area contributed by atoms with Gasteiger partial charge in [-0.1, -0.05) is 63.3 Å². The minimum Gasteiger partial charge on any atom is -0.459 e. The van der Waals surface area contributed by atoms with Gasteiger partial charge in [-0.15, -0.1) is 0 Å². The first-order valence-corrected chi connectivity index (χ1v) is 25.4. The summed E-state index contributed by atoms with van der Waals surface area (Å²) < 4.78 is 51.2. The van der Waals surface area contributed by atoms with Crippen LogP contribution in [0.4, 0.5) is 0 Å². The first-order valence-electron chi connectivity index (χ1n) is 25.4. The molecule has 67 heavy (non-hydrogen) atoms. The highest BCUT2D eigenvalue weighted by atomic mass is 16.7. The van der Waals surface area contributed by atoms with Gasteiger partial charge in [0.05, 0.1) is 43.2 Å². The van der Waals surface area contributed by atoms with Gasteiger partial charge in [0.15, 0.2) is 17.2 Å². The summed E-state index contributed by atoms with van der Waals surface area (Å²) in [7, 11) is 0. The normalized spacial score (nSPS) is 40.6. The van der Waals surface area contributed by atoms with Crippen molar-refractivity contribution >= 4 is 5.97 Å². The van der Waals surface area contributed by atoms with E-state index in [0.29, 0.717) is 74.9 Å². The Hall–Kier alpha value is -2.31. The Kier molecular flexibility index (Phi) is 17.2. The van der Waals surface area contributed by atoms with Crippen molar-refractivity contribution in [2.24, 2.45) is 17.8 Å². The molecule has 3 spiro atoms. The molecule has 14 nitrogen and oxygen atoms in total. The Balaban J connectivity index is 0.892. The van der Waals surface area contributed by atoms with Crippen molar-refractivity contribution in [3.63, 3.8) is 0 Å². The number of fused-ring (bicyclic) bond motifs is 1. The molecule has 0 aromatic carbocycles. The second-order valence-corrected chi connectivity index (χ2v) is 21.6. The summed E-state index contributed by atoms with van der Waals surface area (Å²) >= 11 is 0. The molecule has 6 fully saturated rings. The fourth-order valence-electron chi connectivity index (χ4n) is 11.7. The van der Waals surface area contributed by atoms with Crippen molar-refractivity contribution in [3.05, 3.63) is 59.8 Å². The maximum absolute atomic E-state index is 13.1. The van der Waals surface area contributed by atoms with E-state index in [4.69, 9.17) is 43.0 Å². The van der Waals surface area contributed by atoms with Crippen LogP contribution in [0.2, 0.25) is 0 Å². The maximum Gasteiger partial charge on any atom is 0.338 e. The third-order valence-electron chi connectivity index (χ3n) is 15.5. The Morgan fingerprint density at radius 1 is 1.01 bits per heavy atom. The van der Waals surface area contributed by atoms with Crippen LogP contribution in [0, 0.1) is 17.8 Å². The van der Waals surface area contributed by atoms with Gasteiger partial charge in [-0.2, -0.15) is 0 Å². The minimum atomic E-state index is -1.85. The lowest BCUT2D eigenvalue weighted by atomic mass is 9.79. The lowest BCUT2D eigenvalue weighted by Crippen LogP contribution is -2.60. The molecular formula is C53H82O14. The molecule has 378 valence electrons. The van der Waals surface area contributed by atoms with Gasteiger partial charge in [-0.05, 0) is 120 Å². The quantitative estimate of drug-likeness (QED) is 0.0789. The molecule has 5 N–H and O–H groups in total. The largest absolute Gasteiger partial charge is 0.459 e. The summed E-state index contributed by atoms with van der Waals surface area (Å²) in [5, 5.41) is 54.9. The van der Waals surface area contributed by atoms with Crippen molar-refractivity contribution in [1.82, 2.24) is 0 Å². The van der Waals surface area contributed by atoms with Crippen LogP contribution in [-0.4, -0.2) is 135 Å². The summed E-state index contributed by atoms with van der Waals surface area (Å²) in [6, 6.07) is 0. The first-order chi connectivity index (χ1) is 31.8. The topological polar surface area (TPSA) is 192 Å². The number of esters is 1. The van der Waals surface area contributed by atoms with Crippen LogP contribution in [0.3, 0.4) is 0 Å². The highest BCUT2D eigenvalue weighted by Gasteiger charge is 2.55. The zero-order chi connectivity index (χ0) is 48.3. The van der Waals surface area contributed by atoms with Crippen LogP contribution < -0.4 is 0 Å². The van der Waals surface area contributed by atoms with Crippen LogP contribution >= 0.6 is 0 Å². The number of carbonyl (C=O) groups is 1. The monoisotopic (exact) mass is 943 g/mol. The van der Waals surface area contributed by atoms with Crippen LogP contribution in [0.25, 0.3) is 0 Å². The number of allylic oxidation sites excluding steroid dienone is 1. The molecule has 0 aliphatic carbocycles. The number of hydrogen-bond acceptors (Lipinski definition) is 14. The van der Waals surface area contributed by atoms with Crippen molar-refractivity contribution in [3.8, 4) is 0 Å². The predicted molar refractivity (Wildman–Crippen MR) is 250 cm³/mol. The average molecular weight is 943 g/mol. The number of aliphatic hydroxyl groups excluding tert-OH is 4. The lowest BCUT2D eigenvalue weighted by Gasteiger charge is -2.50. The molecule has 7 rings (SSSR count). The van der Waals surface area contributed by atoms with E-state index in [0.717, 1.165) is 56.3 Å². The van der Waals surface area contributed by atoms with Gasteiger partial charge in [0.25, 0.3) is 0 Å². The molecule has 0 saturated carbocycles. The smallest absolute Gasteiger partial charge is 0.338 e. The summed E-state index contributed by atoms with van der Waals surface area (Å²) in [5.74, 6) is -3.33. The summed E-state index contributed by atoms with van der Waals surface area (Å²) in [4.78, 5) is 13.1. The number of ether oxygens (including phenoxy) is 8. The molecule has 0 amide bonds. The zero-order valence-electron chi connectivity index (χ0n) is 41.1. The fourth-order valence-corrected chi connectivity index (χ4v) is 11.7. The highest BCUT2D eigenvalue weighted by molar-refractivity contribution is 5.78. The number of hydrogen-bond donors (Lipinski definition) is 5. The Morgan fingerprint density at radius 2 is 1.78 bits per heavy atom. The number of carbonyl (C=O) groups excluding carboxylic acids is 1. The van der Waals surface area contributed by atoms with Gasteiger partial charge in [-0.3, -0.25) is 0 Å².